The molecule has 4 heteroatoms. The summed E-state index contributed by atoms with van der Waals surface area (Å²) < 4.78 is 5.27. The molecule has 0 fully saturated rings. The highest BCUT2D eigenvalue weighted by Gasteiger charge is 1.96. The highest BCUT2D eigenvalue weighted by atomic mass is 35.5. The third-order valence-electron chi connectivity index (χ3n) is 1.25. The van der Waals surface area contributed by atoms with Gasteiger partial charge in [0, 0.05) is 6.20 Å². The van der Waals surface area contributed by atoms with Gasteiger partial charge in [0.2, 0.25) is 5.88 Å². The zero-order valence-electron chi connectivity index (χ0n) is 6.96. The van der Waals surface area contributed by atoms with Gasteiger partial charge in [-0.2, -0.15) is 0 Å². The molecule has 0 unspecified atom stereocenters. The van der Waals surface area contributed by atoms with Crippen molar-refractivity contribution in [2.45, 2.75) is 19.2 Å². The molecule has 66 valence electrons. The molecule has 0 amide bonds. The number of nitrogens with zero attached hydrogens (tertiary/aromatic N) is 2. The van der Waals surface area contributed by atoms with Crippen molar-refractivity contribution in [2.24, 2.45) is 0 Å². The van der Waals surface area contributed by atoms with Crippen LogP contribution in [0.4, 0.5) is 0 Å². The number of aromatic nitrogens is 2. The van der Waals surface area contributed by atoms with Crippen molar-refractivity contribution in [2.75, 3.05) is 6.61 Å². The lowest BCUT2D eigenvalue weighted by molar-refractivity contribution is 0.303. The van der Waals surface area contributed by atoms with Gasteiger partial charge in [0.25, 0.3) is 0 Å². The molecule has 1 aromatic rings. The highest BCUT2D eigenvalue weighted by Crippen LogP contribution is 2.06. The van der Waals surface area contributed by atoms with Gasteiger partial charge in [0.15, 0.2) is 0 Å². The molecule has 0 aliphatic rings. The second-order valence-corrected chi connectivity index (χ2v) is 2.60. The van der Waals surface area contributed by atoms with Crippen molar-refractivity contribution in [3.63, 3.8) is 0 Å². The van der Waals surface area contributed by atoms with E-state index in [0.717, 1.165) is 12.1 Å². The first-order valence-electron chi connectivity index (χ1n) is 3.86. The Labute approximate surface area is 76.7 Å². The Morgan fingerprint density at radius 2 is 2.33 bits per heavy atom. The van der Waals surface area contributed by atoms with Gasteiger partial charge in [0.05, 0.1) is 24.4 Å². The van der Waals surface area contributed by atoms with Gasteiger partial charge in [-0.15, -0.1) is 11.6 Å². The van der Waals surface area contributed by atoms with Crippen LogP contribution in [0, 0.1) is 0 Å². The standard InChI is InChI=1S/C8H11ClN2O/c1-2-3-12-8-6-10-5-7(4-9)11-8/h5-6H,2-4H2,1H3. The number of hydrogen-bond acceptors (Lipinski definition) is 3. The molecule has 1 aromatic heterocycles. The topological polar surface area (TPSA) is 35.0 Å². The molecule has 1 heterocycles. The van der Waals surface area contributed by atoms with Gasteiger partial charge < -0.3 is 4.74 Å². The van der Waals surface area contributed by atoms with E-state index in [1.165, 1.54) is 0 Å². The van der Waals surface area contributed by atoms with Crippen molar-refractivity contribution < 1.29 is 4.74 Å². The van der Waals surface area contributed by atoms with E-state index in [1.807, 2.05) is 6.92 Å². The molecule has 0 aliphatic heterocycles. The predicted octanol–water partition coefficient (Wildman–Crippen LogP) is 2.00. The van der Waals surface area contributed by atoms with Gasteiger partial charge in [-0.05, 0) is 6.42 Å². The Morgan fingerprint density at radius 3 is 3.00 bits per heavy atom. The lowest BCUT2D eigenvalue weighted by Crippen LogP contribution is -1.99. The van der Waals surface area contributed by atoms with E-state index in [1.54, 1.807) is 12.4 Å². The van der Waals surface area contributed by atoms with E-state index < -0.39 is 0 Å². The summed E-state index contributed by atoms with van der Waals surface area (Å²) in [4.78, 5) is 8.05. The molecule has 1 rings (SSSR count). The Balaban J connectivity index is 2.60. The van der Waals surface area contributed by atoms with Gasteiger partial charge in [-0.3, -0.25) is 4.98 Å². The van der Waals surface area contributed by atoms with E-state index in [0.29, 0.717) is 18.4 Å². The molecule has 0 aromatic carbocycles. The van der Waals surface area contributed by atoms with Crippen LogP contribution in [-0.2, 0) is 5.88 Å². The number of halogens is 1. The SMILES string of the molecule is CCCOc1cncc(CCl)n1. The molecule has 12 heavy (non-hydrogen) atoms. The van der Waals surface area contributed by atoms with E-state index >= 15 is 0 Å². The van der Waals surface area contributed by atoms with E-state index in [2.05, 4.69) is 9.97 Å². The maximum Gasteiger partial charge on any atom is 0.232 e. The summed E-state index contributed by atoms with van der Waals surface area (Å²) in [5.41, 5.74) is 0.741. The first kappa shape index (κ1) is 9.26. The second-order valence-electron chi connectivity index (χ2n) is 2.33. The average Bonchev–Trinajstić information content (AvgIpc) is 2.15. The zero-order chi connectivity index (χ0) is 8.81. The lowest BCUT2D eigenvalue weighted by Gasteiger charge is -2.02. The fraction of sp³-hybridized carbons (Fsp3) is 0.500. The van der Waals surface area contributed by atoms with Crippen LogP contribution in [0.25, 0.3) is 0 Å². The Bertz CT molecular complexity index is 242. The van der Waals surface area contributed by atoms with Crippen LogP contribution in [0.15, 0.2) is 12.4 Å². The Morgan fingerprint density at radius 1 is 1.50 bits per heavy atom. The van der Waals surface area contributed by atoms with Crippen molar-refractivity contribution in [1.82, 2.24) is 9.97 Å². The fourth-order valence-electron chi connectivity index (χ4n) is 0.727. The molecular weight excluding hydrogens is 176 g/mol. The molecule has 0 spiro atoms. The molecule has 0 N–H and O–H groups in total. The van der Waals surface area contributed by atoms with Gasteiger partial charge >= 0.3 is 0 Å². The molecule has 0 radical (unpaired) electrons. The molecule has 0 bridgehead atoms. The smallest absolute Gasteiger partial charge is 0.232 e. The van der Waals surface area contributed by atoms with Crippen molar-refractivity contribution in [3.05, 3.63) is 18.1 Å². The van der Waals surface area contributed by atoms with Crippen LogP contribution in [0.2, 0.25) is 0 Å². The van der Waals surface area contributed by atoms with Crippen LogP contribution in [0.5, 0.6) is 5.88 Å². The van der Waals surface area contributed by atoms with Crippen molar-refractivity contribution in [3.8, 4) is 5.88 Å². The largest absolute Gasteiger partial charge is 0.477 e. The molecular formula is C8H11ClN2O. The second kappa shape index (κ2) is 4.93. The third kappa shape index (κ3) is 2.66. The zero-order valence-corrected chi connectivity index (χ0v) is 7.71. The average molecular weight is 187 g/mol. The summed E-state index contributed by atoms with van der Waals surface area (Å²) >= 11 is 5.57. The monoisotopic (exact) mass is 186 g/mol. The predicted molar refractivity (Wildman–Crippen MR) is 47.4 cm³/mol. The Kier molecular flexibility index (Phi) is 3.80. The summed E-state index contributed by atoms with van der Waals surface area (Å²) in [5, 5.41) is 0. The van der Waals surface area contributed by atoms with Crippen molar-refractivity contribution >= 4 is 11.6 Å². The number of rotatable bonds is 4. The van der Waals surface area contributed by atoms with Gasteiger partial charge in [-0.1, -0.05) is 6.92 Å². The number of alkyl halides is 1. The Hall–Kier alpha value is -0.830. The van der Waals surface area contributed by atoms with E-state index in [4.69, 9.17) is 16.3 Å². The molecule has 0 saturated heterocycles. The normalized spacial score (nSPS) is 9.83. The minimum atomic E-state index is 0.371. The summed E-state index contributed by atoms with van der Waals surface area (Å²) in [5.74, 6) is 0.922. The third-order valence-corrected chi connectivity index (χ3v) is 1.53. The van der Waals surface area contributed by atoms with Gasteiger partial charge in [0.1, 0.15) is 0 Å². The summed E-state index contributed by atoms with van der Waals surface area (Å²) in [6, 6.07) is 0. The van der Waals surface area contributed by atoms with E-state index in [-0.39, 0.29) is 0 Å². The lowest BCUT2D eigenvalue weighted by atomic mass is 10.5. The first-order chi connectivity index (χ1) is 5.86. The first-order valence-corrected chi connectivity index (χ1v) is 4.40. The fourth-order valence-corrected chi connectivity index (χ4v) is 0.856. The highest BCUT2D eigenvalue weighted by molar-refractivity contribution is 6.16. The quantitative estimate of drug-likeness (QED) is 0.675. The summed E-state index contributed by atoms with van der Waals surface area (Å²) in [6.07, 6.45) is 4.18. The maximum absolute atomic E-state index is 5.57. The molecule has 0 atom stereocenters. The van der Waals surface area contributed by atoms with Crippen LogP contribution < -0.4 is 4.74 Å². The van der Waals surface area contributed by atoms with Crippen LogP contribution >= 0.6 is 11.6 Å². The van der Waals surface area contributed by atoms with Crippen LogP contribution in [0.3, 0.4) is 0 Å². The van der Waals surface area contributed by atoms with Gasteiger partial charge in [-0.25, -0.2) is 4.98 Å². The minimum Gasteiger partial charge on any atom is -0.477 e. The number of hydrogen-bond donors (Lipinski definition) is 0. The van der Waals surface area contributed by atoms with E-state index in [9.17, 15) is 0 Å². The maximum atomic E-state index is 5.57. The van der Waals surface area contributed by atoms with Crippen LogP contribution in [0.1, 0.15) is 19.0 Å². The summed E-state index contributed by atoms with van der Waals surface area (Å²) in [6.45, 7) is 2.71. The molecule has 3 nitrogen and oxygen atoms in total. The van der Waals surface area contributed by atoms with Crippen LogP contribution in [-0.4, -0.2) is 16.6 Å². The van der Waals surface area contributed by atoms with Crippen molar-refractivity contribution in [1.29, 1.82) is 0 Å². The molecule has 0 aliphatic carbocycles. The number of ether oxygens (including phenoxy) is 1. The molecule has 0 saturated carbocycles. The minimum absolute atomic E-state index is 0.371. The summed E-state index contributed by atoms with van der Waals surface area (Å²) in [7, 11) is 0.